The summed E-state index contributed by atoms with van der Waals surface area (Å²) in [6, 6.07) is 0. The Morgan fingerprint density at radius 3 is 2.50 bits per heavy atom. The molecule has 0 radical (unpaired) electrons. The molecule has 1 aliphatic rings. The van der Waals surface area contributed by atoms with Crippen LogP contribution in [0.2, 0.25) is 0 Å². The molecule has 0 aromatic rings. The van der Waals surface area contributed by atoms with Gasteiger partial charge in [-0.05, 0) is 13.3 Å². The zero-order chi connectivity index (χ0) is 14.0. The number of carbonyl (C=O) groups is 3. The monoisotopic (exact) mass is 277 g/mol. The Labute approximate surface area is 105 Å². The summed E-state index contributed by atoms with van der Waals surface area (Å²) in [7, 11) is -3.63. The molecule has 9 heteroatoms. The van der Waals surface area contributed by atoms with Gasteiger partial charge in [0.25, 0.3) is 5.91 Å². The van der Waals surface area contributed by atoms with Crippen molar-refractivity contribution >= 4 is 27.7 Å². The predicted molar refractivity (Wildman–Crippen MR) is 61.8 cm³/mol. The van der Waals surface area contributed by atoms with Crippen LogP contribution < -0.4 is 15.4 Å². The van der Waals surface area contributed by atoms with Gasteiger partial charge < -0.3 is 10.6 Å². The molecule has 0 unspecified atom stereocenters. The van der Waals surface area contributed by atoms with Gasteiger partial charge in [-0.25, -0.2) is 8.42 Å². The van der Waals surface area contributed by atoms with Crippen LogP contribution in [0.1, 0.15) is 19.8 Å². The lowest BCUT2D eigenvalue weighted by atomic mass is 9.99. The summed E-state index contributed by atoms with van der Waals surface area (Å²) in [5, 5.41) is 4.78. The Morgan fingerprint density at radius 2 is 2.06 bits per heavy atom. The average molecular weight is 277 g/mol. The number of nitrogens with one attached hydrogen (secondary N) is 3. The summed E-state index contributed by atoms with van der Waals surface area (Å²) in [4.78, 5) is 33.9. The first-order chi connectivity index (χ1) is 8.12. The highest BCUT2D eigenvalue weighted by molar-refractivity contribution is 7.89. The van der Waals surface area contributed by atoms with E-state index >= 15 is 0 Å². The molecule has 3 amide bonds. The van der Waals surface area contributed by atoms with E-state index in [2.05, 4.69) is 10.6 Å². The fraction of sp³-hybridized carbons (Fsp3) is 0.667. The molecule has 1 fully saturated rings. The zero-order valence-corrected chi connectivity index (χ0v) is 10.9. The Balaban J connectivity index is 2.47. The number of sulfonamides is 1. The Hall–Kier alpha value is -1.64. The minimum absolute atomic E-state index is 0.228. The topological polar surface area (TPSA) is 121 Å². The molecule has 0 aromatic heterocycles. The summed E-state index contributed by atoms with van der Waals surface area (Å²) >= 11 is 0. The number of hydrogen-bond acceptors (Lipinski definition) is 5. The van der Waals surface area contributed by atoms with Crippen molar-refractivity contribution in [2.45, 2.75) is 25.3 Å². The minimum atomic E-state index is -3.63. The summed E-state index contributed by atoms with van der Waals surface area (Å²) in [6.07, 6.45) is 1.43. The van der Waals surface area contributed by atoms with Gasteiger partial charge in [-0.3, -0.25) is 19.1 Å². The van der Waals surface area contributed by atoms with E-state index in [1.165, 1.54) is 0 Å². The van der Waals surface area contributed by atoms with Crippen LogP contribution in [-0.2, 0) is 24.4 Å². The quantitative estimate of drug-likeness (QED) is 0.541. The van der Waals surface area contributed by atoms with Crippen molar-refractivity contribution in [1.29, 1.82) is 0 Å². The van der Waals surface area contributed by atoms with Crippen molar-refractivity contribution in [3.05, 3.63) is 0 Å². The molecule has 18 heavy (non-hydrogen) atoms. The van der Waals surface area contributed by atoms with E-state index < -0.39 is 33.9 Å². The second-order valence-corrected chi connectivity index (χ2v) is 6.11. The molecule has 0 aliphatic carbocycles. The molecule has 0 aromatic carbocycles. The highest BCUT2D eigenvalue weighted by atomic mass is 32.2. The SMILES string of the molecule is C[C@@]1(C(=O)NCC(=O)NS(C)(=O)=O)CCC(=O)N1. The number of rotatable bonds is 4. The molecule has 0 spiro atoms. The zero-order valence-electron chi connectivity index (χ0n) is 10.1. The van der Waals surface area contributed by atoms with E-state index in [4.69, 9.17) is 0 Å². The van der Waals surface area contributed by atoms with Crippen LogP contribution in [0.4, 0.5) is 0 Å². The lowest BCUT2D eigenvalue weighted by Gasteiger charge is -2.22. The van der Waals surface area contributed by atoms with E-state index in [0.717, 1.165) is 6.26 Å². The largest absolute Gasteiger partial charge is 0.345 e. The van der Waals surface area contributed by atoms with Crippen LogP contribution in [0.3, 0.4) is 0 Å². The summed E-state index contributed by atoms with van der Waals surface area (Å²) < 4.78 is 23.2. The molecule has 0 bridgehead atoms. The van der Waals surface area contributed by atoms with Gasteiger partial charge >= 0.3 is 0 Å². The third-order valence-electron chi connectivity index (χ3n) is 2.48. The first kappa shape index (κ1) is 14.4. The smallest absolute Gasteiger partial charge is 0.252 e. The molecule has 3 N–H and O–H groups in total. The number of amides is 3. The maximum atomic E-state index is 11.7. The van der Waals surface area contributed by atoms with Gasteiger partial charge in [-0.1, -0.05) is 0 Å². The highest BCUT2D eigenvalue weighted by Gasteiger charge is 2.39. The molecule has 8 nitrogen and oxygen atoms in total. The maximum Gasteiger partial charge on any atom is 0.252 e. The third-order valence-corrected chi connectivity index (χ3v) is 3.08. The number of hydrogen-bond donors (Lipinski definition) is 3. The number of carbonyl (C=O) groups excluding carboxylic acids is 3. The summed E-state index contributed by atoms with van der Waals surface area (Å²) in [5.74, 6) is -1.58. The standard InChI is InChI=1S/C9H15N3O5S/c1-9(4-3-6(13)11-9)8(15)10-5-7(14)12-18(2,16)17/h3-5H2,1-2H3,(H,10,15)(H,11,13)(H,12,14)/t9-/m0/s1. The molecule has 0 saturated carbocycles. The van der Waals surface area contributed by atoms with Crippen molar-refractivity contribution in [1.82, 2.24) is 15.4 Å². The van der Waals surface area contributed by atoms with Gasteiger partial charge in [-0.15, -0.1) is 0 Å². The molecular weight excluding hydrogens is 262 g/mol. The second kappa shape index (κ2) is 4.92. The highest BCUT2D eigenvalue weighted by Crippen LogP contribution is 2.19. The Kier molecular flexibility index (Phi) is 3.95. The van der Waals surface area contributed by atoms with Gasteiger partial charge in [0.2, 0.25) is 21.8 Å². The fourth-order valence-corrected chi connectivity index (χ4v) is 2.05. The van der Waals surface area contributed by atoms with Gasteiger partial charge in [0.1, 0.15) is 5.54 Å². The molecule has 1 heterocycles. The van der Waals surface area contributed by atoms with Gasteiger partial charge in [-0.2, -0.15) is 0 Å². The normalized spacial score (nSPS) is 23.3. The second-order valence-electron chi connectivity index (χ2n) is 4.36. The van der Waals surface area contributed by atoms with Crippen molar-refractivity contribution in [2.24, 2.45) is 0 Å². The van der Waals surface area contributed by atoms with E-state index in [-0.39, 0.29) is 12.3 Å². The molecule has 1 rings (SSSR count). The van der Waals surface area contributed by atoms with Gasteiger partial charge in [0.15, 0.2) is 0 Å². The molecule has 1 saturated heterocycles. The average Bonchev–Trinajstić information content (AvgIpc) is 2.54. The maximum absolute atomic E-state index is 11.7. The minimum Gasteiger partial charge on any atom is -0.345 e. The van der Waals surface area contributed by atoms with E-state index in [0.29, 0.717) is 6.42 Å². The molecule has 102 valence electrons. The lowest BCUT2D eigenvalue weighted by molar-refractivity contribution is -0.130. The van der Waals surface area contributed by atoms with Crippen LogP contribution >= 0.6 is 0 Å². The first-order valence-electron chi connectivity index (χ1n) is 5.22. The van der Waals surface area contributed by atoms with E-state index in [1.54, 1.807) is 11.6 Å². The van der Waals surface area contributed by atoms with Crippen molar-refractivity contribution < 1.29 is 22.8 Å². The first-order valence-corrected chi connectivity index (χ1v) is 7.11. The van der Waals surface area contributed by atoms with Gasteiger partial charge in [0, 0.05) is 6.42 Å². The van der Waals surface area contributed by atoms with Crippen LogP contribution in [0.5, 0.6) is 0 Å². The van der Waals surface area contributed by atoms with Crippen molar-refractivity contribution in [3.63, 3.8) is 0 Å². The predicted octanol–water partition coefficient (Wildman–Crippen LogP) is -2.15. The third kappa shape index (κ3) is 3.99. The fourth-order valence-electron chi connectivity index (χ4n) is 1.57. The van der Waals surface area contributed by atoms with Crippen LogP contribution in [0.15, 0.2) is 0 Å². The molecule has 1 aliphatic heterocycles. The van der Waals surface area contributed by atoms with E-state index in [1.807, 2.05) is 0 Å². The Morgan fingerprint density at radius 1 is 1.44 bits per heavy atom. The lowest BCUT2D eigenvalue weighted by Crippen LogP contribution is -2.54. The molecule has 1 atom stereocenters. The summed E-state index contributed by atoms with van der Waals surface area (Å²) in [6.45, 7) is 1.08. The van der Waals surface area contributed by atoms with E-state index in [9.17, 15) is 22.8 Å². The van der Waals surface area contributed by atoms with Gasteiger partial charge in [0.05, 0.1) is 12.8 Å². The van der Waals surface area contributed by atoms with Crippen LogP contribution in [-0.4, -0.2) is 44.5 Å². The molecular formula is C9H15N3O5S. The van der Waals surface area contributed by atoms with Crippen LogP contribution in [0.25, 0.3) is 0 Å². The summed E-state index contributed by atoms with van der Waals surface area (Å²) in [5.41, 5.74) is -1.04. The van der Waals surface area contributed by atoms with Crippen molar-refractivity contribution in [3.8, 4) is 0 Å². The Bertz CT molecular complexity index is 486. The van der Waals surface area contributed by atoms with Crippen LogP contribution in [0, 0.1) is 0 Å². The van der Waals surface area contributed by atoms with Crippen molar-refractivity contribution in [2.75, 3.05) is 12.8 Å².